The second kappa shape index (κ2) is 4.70. The van der Waals surface area contributed by atoms with Gasteiger partial charge in [0.25, 0.3) is 0 Å². The first-order valence-electron chi connectivity index (χ1n) is 4.98. The van der Waals surface area contributed by atoms with Gasteiger partial charge >= 0.3 is 0 Å². The van der Waals surface area contributed by atoms with Gasteiger partial charge in [0.1, 0.15) is 0 Å². The van der Waals surface area contributed by atoms with Crippen molar-refractivity contribution >= 4 is 0 Å². The van der Waals surface area contributed by atoms with Crippen LogP contribution in [0.1, 0.15) is 24.2 Å². The summed E-state index contributed by atoms with van der Waals surface area (Å²) in [7, 11) is 0. The maximum atomic E-state index is 3.99. The van der Waals surface area contributed by atoms with Crippen molar-refractivity contribution in [2.24, 2.45) is 0 Å². The standard InChI is InChI=1S/C11H14N4/c1-9(10-2-5-12-6-3-10)13-8-11-4-7-14-15-11/h2-7,9,13H,8H2,1H3,(H,14,15)/t9-/m1/s1. The number of H-pyrrole nitrogens is 1. The molecule has 0 saturated carbocycles. The zero-order valence-corrected chi connectivity index (χ0v) is 8.64. The smallest absolute Gasteiger partial charge is 0.0490 e. The highest BCUT2D eigenvalue weighted by atomic mass is 15.1. The molecule has 0 saturated heterocycles. The molecule has 4 nitrogen and oxygen atoms in total. The molecule has 0 unspecified atom stereocenters. The highest BCUT2D eigenvalue weighted by molar-refractivity contribution is 5.14. The minimum atomic E-state index is 0.316. The Balaban J connectivity index is 1.90. The summed E-state index contributed by atoms with van der Waals surface area (Å²) < 4.78 is 0. The Labute approximate surface area is 88.8 Å². The predicted molar refractivity (Wildman–Crippen MR) is 58.1 cm³/mol. The highest BCUT2D eigenvalue weighted by Gasteiger charge is 2.03. The minimum Gasteiger partial charge on any atom is -0.305 e. The summed E-state index contributed by atoms with van der Waals surface area (Å²) in [5.41, 5.74) is 2.33. The van der Waals surface area contributed by atoms with Crippen LogP contribution in [-0.4, -0.2) is 15.2 Å². The third-order valence-corrected chi connectivity index (χ3v) is 2.36. The van der Waals surface area contributed by atoms with Gasteiger partial charge in [-0.2, -0.15) is 5.10 Å². The number of aromatic amines is 1. The van der Waals surface area contributed by atoms with Crippen LogP contribution in [0.3, 0.4) is 0 Å². The van der Waals surface area contributed by atoms with Crippen molar-refractivity contribution in [1.82, 2.24) is 20.5 Å². The van der Waals surface area contributed by atoms with Gasteiger partial charge in [0, 0.05) is 36.9 Å². The second-order valence-electron chi connectivity index (χ2n) is 3.47. The van der Waals surface area contributed by atoms with Gasteiger partial charge in [-0.15, -0.1) is 0 Å². The van der Waals surface area contributed by atoms with Gasteiger partial charge in [0.2, 0.25) is 0 Å². The maximum absolute atomic E-state index is 3.99. The van der Waals surface area contributed by atoms with Gasteiger partial charge < -0.3 is 5.32 Å². The molecule has 0 aliphatic heterocycles. The summed E-state index contributed by atoms with van der Waals surface area (Å²) in [6.45, 7) is 2.93. The molecule has 78 valence electrons. The van der Waals surface area contributed by atoms with Gasteiger partial charge in [0.15, 0.2) is 0 Å². The van der Waals surface area contributed by atoms with Crippen molar-refractivity contribution in [3.8, 4) is 0 Å². The summed E-state index contributed by atoms with van der Waals surface area (Å²) in [6.07, 6.45) is 5.38. The van der Waals surface area contributed by atoms with Crippen molar-refractivity contribution in [1.29, 1.82) is 0 Å². The average molecular weight is 202 g/mol. The normalized spacial score (nSPS) is 12.6. The third kappa shape index (κ3) is 2.63. The van der Waals surface area contributed by atoms with Crippen molar-refractivity contribution in [2.75, 3.05) is 0 Å². The van der Waals surface area contributed by atoms with E-state index in [-0.39, 0.29) is 0 Å². The Kier molecular flexibility index (Phi) is 3.09. The van der Waals surface area contributed by atoms with Gasteiger partial charge in [0.05, 0.1) is 0 Å². The van der Waals surface area contributed by atoms with Crippen molar-refractivity contribution in [2.45, 2.75) is 19.5 Å². The second-order valence-corrected chi connectivity index (χ2v) is 3.47. The predicted octanol–water partition coefficient (Wildman–Crippen LogP) is 1.66. The van der Waals surface area contributed by atoms with E-state index >= 15 is 0 Å². The van der Waals surface area contributed by atoms with Crippen LogP contribution in [-0.2, 0) is 6.54 Å². The minimum absolute atomic E-state index is 0.316. The van der Waals surface area contributed by atoms with Crippen LogP contribution < -0.4 is 5.32 Å². The molecule has 0 fully saturated rings. The summed E-state index contributed by atoms with van der Waals surface area (Å²) in [6, 6.07) is 6.32. The van der Waals surface area contributed by atoms with Gasteiger partial charge in [-0.1, -0.05) is 0 Å². The summed E-state index contributed by atoms with van der Waals surface area (Å²) in [5, 5.41) is 10.2. The van der Waals surface area contributed by atoms with E-state index in [1.54, 1.807) is 6.20 Å². The van der Waals surface area contributed by atoms with Crippen LogP contribution in [0, 0.1) is 0 Å². The molecule has 15 heavy (non-hydrogen) atoms. The number of aromatic nitrogens is 3. The fraction of sp³-hybridized carbons (Fsp3) is 0.273. The number of rotatable bonds is 4. The average Bonchev–Trinajstić information content (AvgIpc) is 2.80. The first-order valence-corrected chi connectivity index (χ1v) is 4.98. The summed E-state index contributed by atoms with van der Waals surface area (Å²) in [4.78, 5) is 3.99. The molecular weight excluding hydrogens is 188 g/mol. The molecule has 0 spiro atoms. The van der Waals surface area contributed by atoms with Gasteiger partial charge in [-0.25, -0.2) is 0 Å². The largest absolute Gasteiger partial charge is 0.305 e. The number of hydrogen-bond acceptors (Lipinski definition) is 3. The molecule has 0 amide bonds. The van der Waals surface area contributed by atoms with E-state index < -0.39 is 0 Å². The molecular formula is C11H14N4. The topological polar surface area (TPSA) is 53.6 Å². The number of nitrogens with zero attached hydrogens (tertiary/aromatic N) is 2. The lowest BCUT2D eigenvalue weighted by Crippen LogP contribution is -2.18. The lowest BCUT2D eigenvalue weighted by Gasteiger charge is -2.12. The van der Waals surface area contributed by atoms with Gasteiger partial charge in [-0.05, 0) is 30.7 Å². The molecule has 2 aromatic heterocycles. The fourth-order valence-corrected chi connectivity index (χ4v) is 1.42. The van der Waals surface area contributed by atoms with E-state index in [0.29, 0.717) is 6.04 Å². The first kappa shape index (κ1) is 9.86. The summed E-state index contributed by atoms with van der Waals surface area (Å²) in [5.74, 6) is 0. The van der Waals surface area contributed by atoms with Crippen LogP contribution >= 0.6 is 0 Å². The molecule has 2 aromatic rings. The zero-order valence-electron chi connectivity index (χ0n) is 8.64. The third-order valence-electron chi connectivity index (χ3n) is 2.36. The Hall–Kier alpha value is -1.68. The quantitative estimate of drug-likeness (QED) is 0.792. The van der Waals surface area contributed by atoms with E-state index in [0.717, 1.165) is 12.2 Å². The SMILES string of the molecule is C[C@@H](NCc1ccn[nH]1)c1ccncc1. The van der Waals surface area contributed by atoms with E-state index in [1.807, 2.05) is 30.6 Å². The molecule has 0 radical (unpaired) electrons. The Morgan fingerprint density at radius 3 is 2.73 bits per heavy atom. The lowest BCUT2D eigenvalue weighted by molar-refractivity contribution is 0.566. The van der Waals surface area contributed by atoms with Crippen LogP contribution in [0.25, 0.3) is 0 Å². The van der Waals surface area contributed by atoms with Crippen LogP contribution in [0.5, 0.6) is 0 Å². The van der Waals surface area contributed by atoms with Crippen LogP contribution in [0.2, 0.25) is 0 Å². The van der Waals surface area contributed by atoms with Crippen molar-refractivity contribution in [3.63, 3.8) is 0 Å². The van der Waals surface area contributed by atoms with Crippen molar-refractivity contribution < 1.29 is 0 Å². The van der Waals surface area contributed by atoms with E-state index in [2.05, 4.69) is 27.4 Å². The van der Waals surface area contributed by atoms with E-state index in [4.69, 9.17) is 0 Å². The maximum Gasteiger partial charge on any atom is 0.0490 e. The van der Waals surface area contributed by atoms with Crippen LogP contribution in [0.4, 0.5) is 0 Å². The Morgan fingerprint density at radius 2 is 2.07 bits per heavy atom. The number of pyridine rings is 1. The van der Waals surface area contributed by atoms with E-state index in [9.17, 15) is 0 Å². The fourth-order valence-electron chi connectivity index (χ4n) is 1.42. The zero-order chi connectivity index (χ0) is 10.5. The summed E-state index contributed by atoms with van der Waals surface area (Å²) >= 11 is 0. The molecule has 1 atom stereocenters. The highest BCUT2D eigenvalue weighted by Crippen LogP contribution is 2.10. The molecule has 2 N–H and O–H groups in total. The molecule has 0 bridgehead atoms. The monoisotopic (exact) mass is 202 g/mol. The van der Waals surface area contributed by atoms with Crippen LogP contribution in [0.15, 0.2) is 36.8 Å². The molecule has 0 aliphatic carbocycles. The molecule has 0 aromatic carbocycles. The van der Waals surface area contributed by atoms with E-state index in [1.165, 1.54) is 5.56 Å². The van der Waals surface area contributed by atoms with Gasteiger partial charge in [-0.3, -0.25) is 10.1 Å². The molecule has 2 rings (SSSR count). The Bertz CT molecular complexity index is 382. The lowest BCUT2D eigenvalue weighted by atomic mass is 10.1. The first-order chi connectivity index (χ1) is 7.36. The Morgan fingerprint density at radius 1 is 1.27 bits per heavy atom. The molecule has 2 heterocycles. The molecule has 0 aliphatic rings. The number of hydrogen-bond donors (Lipinski definition) is 2. The van der Waals surface area contributed by atoms with Crippen molar-refractivity contribution in [3.05, 3.63) is 48.0 Å². The number of nitrogens with one attached hydrogen (secondary N) is 2. The molecule has 4 heteroatoms.